The lowest BCUT2D eigenvalue weighted by Gasteiger charge is -2.16. The van der Waals surface area contributed by atoms with Gasteiger partial charge in [-0.3, -0.25) is 14.9 Å². The van der Waals surface area contributed by atoms with Gasteiger partial charge in [0, 0.05) is 36.5 Å². The molecule has 0 fully saturated rings. The molecule has 1 aromatic carbocycles. The first kappa shape index (κ1) is 20.9. The van der Waals surface area contributed by atoms with Crippen molar-refractivity contribution in [1.29, 1.82) is 0 Å². The summed E-state index contributed by atoms with van der Waals surface area (Å²) in [7, 11) is 0. The van der Waals surface area contributed by atoms with Crippen molar-refractivity contribution >= 4 is 34.7 Å². The number of benzene rings is 1. The molecule has 1 atom stereocenters. The zero-order valence-electron chi connectivity index (χ0n) is 16.0. The van der Waals surface area contributed by atoms with Gasteiger partial charge in [-0.1, -0.05) is 18.2 Å². The van der Waals surface area contributed by atoms with E-state index in [1.54, 1.807) is 20.0 Å². The molecular weight excluding hydrogens is 364 g/mol. The molecule has 2 aromatic rings. The Bertz CT molecular complexity index is 874. The van der Waals surface area contributed by atoms with E-state index in [1.165, 1.54) is 6.92 Å². The SMILES string of the molecule is CC(=O)NC(Cc1c[nH]c2ccccc12)C(=O)OCC(=O)NC(=O)NC(C)C. The third-order valence-electron chi connectivity index (χ3n) is 3.78. The van der Waals surface area contributed by atoms with Gasteiger partial charge in [0.05, 0.1) is 0 Å². The van der Waals surface area contributed by atoms with Gasteiger partial charge in [-0.25, -0.2) is 9.59 Å². The van der Waals surface area contributed by atoms with E-state index in [0.29, 0.717) is 0 Å². The molecule has 9 heteroatoms. The molecule has 2 rings (SSSR count). The van der Waals surface area contributed by atoms with Gasteiger partial charge in [0.15, 0.2) is 6.61 Å². The van der Waals surface area contributed by atoms with E-state index in [2.05, 4.69) is 20.9 Å². The number of aromatic amines is 1. The van der Waals surface area contributed by atoms with Crippen molar-refractivity contribution in [2.24, 2.45) is 0 Å². The molecule has 0 bridgehead atoms. The molecule has 1 aromatic heterocycles. The second kappa shape index (κ2) is 9.54. The van der Waals surface area contributed by atoms with Crippen molar-refractivity contribution in [2.75, 3.05) is 6.61 Å². The van der Waals surface area contributed by atoms with E-state index in [1.807, 2.05) is 24.3 Å². The van der Waals surface area contributed by atoms with E-state index in [-0.39, 0.29) is 12.5 Å². The van der Waals surface area contributed by atoms with Gasteiger partial charge < -0.3 is 20.4 Å². The normalized spacial score (nSPS) is 11.7. The van der Waals surface area contributed by atoms with E-state index >= 15 is 0 Å². The number of ether oxygens (including phenoxy) is 1. The van der Waals surface area contributed by atoms with Crippen LogP contribution >= 0.6 is 0 Å². The van der Waals surface area contributed by atoms with Crippen molar-refractivity contribution in [3.05, 3.63) is 36.0 Å². The summed E-state index contributed by atoms with van der Waals surface area (Å²) >= 11 is 0. The van der Waals surface area contributed by atoms with E-state index < -0.39 is 36.5 Å². The minimum atomic E-state index is -0.964. The first-order valence-electron chi connectivity index (χ1n) is 8.85. The highest BCUT2D eigenvalue weighted by molar-refractivity contribution is 5.96. The van der Waals surface area contributed by atoms with Crippen LogP contribution in [0.5, 0.6) is 0 Å². The fraction of sp³-hybridized carbons (Fsp3) is 0.368. The molecule has 0 aliphatic carbocycles. The van der Waals surface area contributed by atoms with Gasteiger partial charge in [0.25, 0.3) is 5.91 Å². The number of carbonyl (C=O) groups excluding carboxylic acids is 4. The fourth-order valence-electron chi connectivity index (χ4n) is 2.66. The summed E-state index contributed by atoms with van der Waals surface area (Å²) < 4.78 is 4.98. The zero-order valence-corrected chi connectivity index (χ0v) is 16.0. The summed E-state index contributed by atoms with van der Waals surface area (Å²) in [5, 5.41) is 8.00. The maximum atomic E-state index is 12.4. The van der Waals surface area contributed by atoms with Gasteiger partial charge in [0.2, 0.25) is 5.91 Å². The Labute approximate surface area is 162 Å². The minimum absolute atomic E-state index is 0.143. The first-order valence-corrected chi connectivity index (χ1v) is 8.85. The van der Waals surface area contributed by atoms with E-state index in [9.17, 15) is 19.2 Å². The smallest absolute Gasteiger partial charge is 0.329 e. The topological polar surface area (TPSA) is 129 Å². The van der Waals surface area contributed by atoms with Crippen LogP contribution in [-0.4, -0.2) is 47.5 Å². The second-order valence-electron chi connectivity index (χ2n) is 6.60. The quantitative estimate of drug-likeness (QED) is 0.526. The molecule has 0 aliphatic rings. The minimum Gasteiger partial charge on any atom is -0.454 e. The summed E-state index contributed by atoms with van der Waals surface area (Å²) in [4.78, 5) is 50.2. The Balaban J connectivity index is 1.98. The number of carbonyl (C=O) groups is 4. The number of para-hydroxylation sites is 1. The summed E-state index contributed by atoms with van der Waals surface area (Å²) in [5.41, 5.74) is 1.73. The number of aromatic nitrogens is 1. The molecule has 0 saturated carbocycles. The largest absolute Gasteiger partial charge is 0.454 e. The summed E-state index contributed by atoms with van der Waals surface area (Å²) in [6.45, 7) is 4.15. The maximum Gasteiger partial charge on any atom is 0.329 e. The Morgan fingerprint density at radius 1 is 1.11 bits per heavy atom. The number of fused-ring (bicyclic) bond motifs is 1. The lowest BCUT2D eigenvalue weighted by atomic mass is 10.0. The molecule has 9 nitrogen and oxygen atoms in total. The Kier molecular flexibility index (Phi) is 7.14. The van der Waals surface area contributed by atoms with Crippen molar-refractivity contribution in [1.82, 2.24) is 20.9 Å². The number of hydrogen-bond donors (Lipinski definition) is 4. The predicted octanol–water partition coefficient (Wildman–Crippen LogP) is 0.993. The van der Waals surface area contributed by atoms with Crippen LogP contribution in [-0.2, 0) is 25.5 Å². The van der Waals surface area contributed by atoms with Crippen LogP contribution in [0.1, 0.15) is 26.3 Å². The Morgan fingerprint density at radius 2 is 1.82 bits per heavy atom. The van der Waals surface area contributed by atoms with Crippen LogP contribution < -0.4 is 16.0 Å². The van der Waals surface area contributed by atoms with Gasteiger partial charge in [-0.15, -0.1) is 0 Å². The summed E-state index contributed by atoms with van der Waals surface area (Å²) in [5.74, 6) is -1.93. The molecule has 1 heterocycles. The Morgan fingerprint density at radius 3 is 2.50 bits per heavy atom. The lowest BCUT2D eigenvalue weighted by Crippen LogP contribution is -2.46. The lowest BCUT2D eigenvalue weighted by molar-refractivity contribution is -0.151. The van der Waals surface area contributed by atoms with Crippen molar-refractivity contribution < 1.29 is 23.9 Å². The third-order valence-corrected chi connectivity index (χ3v) is 3.78. The van der Waals surface area contributed by atoms with Gasteiger partial charge >= 0.3 is 12.0 Å². The monoisotopic (exact) mass is 388 g/mol. The van der Waals surface area contributed by atoms with E-state index in [4.69, 9.17) is 4.74 Å². The number of urea groups is 1. The second-order valence-corrected chi connectivity index (χ2v) is 6.60. The fourth-order valence-corrected chi connectivity index (χ4v) is 2.66. The number of nitrogens with one attached hydrogen (secondary N) is 4. The molecule has 4 N–H and O–H groups in total. The van der Waals surface area contributed by atoms with Crippen LogP contribution in [0, 0.1) is 0 Å². The van der Waals surface area contributed by atoms with E-state index in [0.717, 1.165) is 16.5 Å². The molecule has 0 aliphatic heterocycles. The zero-order chi connectivity index (χ0) is 20.7. The molecule has 4 amide bonds. The third kappa shape index (κ3) is 6.11. The number of hydrogen-bond acceptors (Lipinski definition) is 5. The molecule has 0 saturated heterocycles. The van der Waals surface area contributed by atoms with Crippen LogP contribution in [0.2, 0.25) is 0 Å². The molecule has 150 valence electrons. The highest BCUT2D eigenvalue weighted by Crippen LogP contribution is 2.19. The van der Waals surface area contributed by atoms with Gasteiger partial charge in [-0.2, -0.15) is 0 Å². The van der Waals surface area contributed by atoms with Crippen LogP contribution in [0.4, 0.5) is 4.79 Å². The molecule has 0 spiro atoms. The number of amides is 4. The number of H-pyrrole nitrogens is 1. The van der Waals surface area contributed by atoms with Crippen LogP contribution in [0.3, 0.4) is 0 Å². The van der Waals surface area contributed by atoms with Crippen molar-refractivity contribution in [3.8, 4) is 0 Å². The first-order chi connectivity index (χ1) is 13.3. The highest BCUT2D eigenvalue weighted by atomic mass is 16.5. The summed E-state index contributed by atoms with van der Waals surface area (Å²) in [6, 6.07) is 5.78. The molecule has 1 unspecified atom stereocenters. The number of rotatable bonds is 7. The van der Waals surface area contributed by atoms with Crippen molar-refractivity contribution in [2.45, 2.75) is 39.3 Å². The maximum absolute atomic E-state index is 12.4. The standard InChI is InChI=1S/C19H24N4O5/c1-11(2)21-19(27)23-17(25)10-28-18(26)16(22-12(3)24)8-13-9-20-15-7-5-4-6-14(13)15/h4-7,9,11,16,20H,8,10H2,1-3H3,(H,22,24)(H2,21,23,25,27). The van der Waals surface area contributed by atoms with Crippen LogP contribution in [0.25, 0.3) is 10.9 Å². The molecule has 0 radical (unpaired) electrons. The van der Waals surface area contributed by atoms with Gasteiger partial charge in [0.1, 0.15) is 6.04 Å². The molecule has 28 heavy (non-hydrogen) atoms. The number of imide groups is 1. The average molecular weight is 388 g/mol. The summed E-state index contributed by atoms with van der Waals surface area (Å²) in [6.07, 6.45) is 1.95. The Hall–Kier alpha value is -3.36. The highest BCUT2D eigenvalue weighted by Gasteiger charge is 2.24. The molecular formula is C19H24N4O5. The van der Waals surface area contributed by atoms with Gasteiger partial charge in [-0.05, 0) is 25.5 Å². The van der Waals surface area contributed by atoms with Crippen LogP contribution in [0.15, 0.2) is 30.5 Å². The van der Waals surface area contributed by atoms with Crippen molar-refractivity contribution in [3.63, 3.8) is 0 Å². The predicted molar refractivity (Wildman–Crippen MR) is 102 cm³/mol. The number of esters is 1. The average Bonchev–Trinajstić information content (AvgIpc) is 3.01.